The van der Waals surface area contributed by atoms with Crippen LogP contribution in [0.3, 0.4) is 0 Å². The second kappa shape index (κ2) is 7.98. The van der Waals surface area contributed by atoms with Crippen molar-refractivity contribution in [1.82, 2.24) is 20.0 Å². The van der Waals surface area contributed by atoms with Crippen LogP contribution in [-0.4, -0.2) is 33.0 Å². The number of carbonyl (C=O) groups is 2. The summed E-state index contributed by atoms with van der Waals surface area (Å²) in [5.41, 5.74) is 2.68. The maximum absolute atomic E-state index is 13.0. The molecule has 3 aromatic rings. The Morgan fingerprint density at radius 2 is 2.14 bits per heavy atom. The Bertz CT molecular complexity index is 980. The van der Waals surface area contributed by atoms with Gasteiger partial charge in [-0.05, 0) is 36.6 Å². The topological polar surface area (TPSA) is 67.2 Å². The third-order valence-corrected chi connectivity index (χ3v) is 5.77. The van der Waals surface area contributed by atoms with Crippen molar-refractivity contribution in [2.75, 3.05) is 6.54 Å². The van der Waals surface area contributed by atoms with E-state index in [4.69, 9.17) is 0 Å². The lowest BCUT2D eigenvalue weighted by Crippen LogP contribution is -2.42. The van der Waals surface area contributed by atoms with Crippen LogP contribution in [0.25, 0.3) is 0 Å². The molecule has 1 aliphatic heterocycles. The first-order chi connectivity index (χ1) is 13.6. The van der Waals surface area contributed by atoms with Gasteiger partial charge in [0.15, 0.2) is 0 Å². The summed E-state index contributed by atoms with van der Waals surface area (Å²) in [6.07, 6.45) is 2.02. The number of carbonyl (C=O) groups excluding carboxylic acids is 2. The summed E-state index contributed by atoms with van der Waals surface area (Å²) < 4.78 is 1.88. The van der Waals surface area contributed by atoms with E-state index in [0.717, 1.165) is 16.1 Å². The summed E-state index contributed by atoms with van der Waals surface area (Å²) in [6, 6.07) is 13.3. The molecule has 0 fully saturated rings. The predicted molar refractivity (Wildman–Crippen MR) is 108 cm³/mol. The molecule has 0 aliphatic carbocycles. The van der Waals surface area contributed by atoms with Gasteiger partial charge in [0.05, 0.1) is 31.2 Å². The Morgan fingerprint density at radius 3 is 2.93 bits per heavy atom. The van der Waals surface area contributed by atoms with Crippen LogP contribution in [-0.2, 0) is 17.9 Å². The first-order valence-electron chi connectivity index (χ1n) is 9.27. The van der Waals surface area contributed by atoms with Crippen LogP contribution >= 0.6 is 11.3 Å². The monoisotopic (exact) mass is 394 g/mol. The van der Waals surface area contributed by atoms with Crippen molar-refractivity contribution in [3.63, 3.8) is 0 Å². The van der Waals surface area contributed by atoms with Crippen LogP contribution in [0.15, 0.2) is 54.0 Å². The molecule has 28 heavy (non-hydrogen) atoms. The quantitative estimate of drug-likeness (QED) is 0.723. The standard InChI is InChI=1S/C21H22N4O2S/c1-15-4-2-5-16(10-15)21(27)24-13-17-7-8-23-25(17)18(14-24)11-20(26)22-12-19-6-3-9-28-19/h2-10,18H,11-14H2,1H3,(H,22,26). The summed E-state index contributed by atoms with van der Waals surface area (Å²) in [5.74, 6) is -0.0511. The lowest BCUT2D eigenvalue weighted by molar-refractivity contribution is -0.122. The molecule has 1 atom stereocenters. The number of nitrogens with one attached hydrogen (secondary N) is 1. The van der Waals surface area contributed by atoms with E-state index in [1.807, 2.05) is 64.4 Å². The Morgan fingerprint density at radius 1 is 1.25 bits per heavy atom. The molecule has 0 bridgehead atoms. The summed E-state index contributed by atoms with van der Waals surface area (Å²) >= 11 is 1.62. The Labute approximate surface area is 167 Å². The van der Waals surface area contributed by atoms with Crippen LogP contribution < -0.4 is 5.32 Å². The van der Waals surface area contributed by atoms with E-state index in [9.17, 15) is 9.59 Å². The molecule has 3 heterocycles. The van der Waals surface area contributed by atoms with E-state index in [0.29, 0.717) is 25.2 Å². The van der Waals surface area contributed by atoms with Crippen molar-refractivity contribution in [2.45, 2.75) is 32.5 Å². The van der Waals surface area contributed by atoms with Crippen molar-refractivity contribution in [3.8, 4) is 0 Å². The number of nitrogens with zero attached hydrogens (tertiary/aromatic N) is 3. The molecule has 0 saturated carbocycles. The zero-order valence-corrected chi connectivity index (χ0v) is 16.5. The van der Waals surface area contributed by atoms with E-state index in [-0.39, 0.29) is 24.3 Å². The van der Waals surface area contributed by atoms with Crippen LogP contribution in [0, 0.1) is 6.92 Å². The van der Waals surface area contributed by atoms with Gasteiger partial charge in [-0.2, -0.15) is 5.10 Å². The second-order valence-corrected chi connectivity index (χ2v) is 8.07. The molecule has 1 unspecified atom stereocenters. The third kappa shape index (κ3) is 3.99. The highest BCUT2D eigenvalue weighted by Gasteiger charge is 2.30. The van der Waals surface area contributed by atoms with Crippen molar-refractivity contribution >= 4 is 23.2 Å². The van der Waals surface area contributed by atoms with E-state index < -0.39 is 0 Å². The Balaban J connectivity index is 1.46. The number of hydrogen-bond donors (Lipinski definition) is 1. The van der Waals surface area contributed by atoms with E-state index in [1.165, 1.54) is 0 Å². The molecule has 1 N–H and O–H groups in total. The van der Waals surface area contributed by atoms with Crippen LogP contribution in [0.1, 0.15) is 39.0 Å². The van der Waals surface area contributed by atoms with Gasteiger partial charge in [-0.1, -0.05) is 23.8 Å². The van der Waals surface area contributed by atoms with E-state index in [2.05, 4.69) is 10.4 Å². The third-order valence-electron chi connectivity index (χ3n) is 4.90. The van der Waals surface area contributed by atoms with Gasteiger partial charge in [-0.15, -0.1) is 11.3 Å². The van der Waals surface area contributed by atoms with Crippen molar-refractivity contribution in [2.24, 2.45) is 0 Å². The van der Waals surface area contributed by atoms with Gasteiger partial charge < -0.3 is 10.2 Å². The van der Waals surface area contributed by atoms with Crippen molar-refractivity contribution in [1.29, 1.82) is 0 Å². The fourth-order valence-corrected chi connectivity index (χ4v) is 4.18. The van der Waals surface area contributed by atoms with Gasteiger partial charge in [-0.25, -0.2) is 0 Å². The highest BCUT2D eigenvalue weighted by molar-refractivity contribution is 7.09. The molecule has 0 saturated heterocycles. The molecule has 7 heteroatoms. The maximum atomic E-state index is 13.0. The number of rotatable bonds is 5. The van der Waals surface area contributed by atoms with E-state index >= 15 is 0 Å². The fourth-order valence-electron chi connectivity index (χ4n) is 3.54. The summed E-state index contributed by atoms with van der Waals surface area (Å²) in [7, 11) is 0. The molecular formula is C21H22N4O2S. The van der Waals surface area contributed by atoms with Crippen LogP contribution in [0.5, 0.6) is 0 Å². The van der Waals surface area contributed by atoms with Gasteiger partial charge in [0, 0.05) is 23.2 Å². The normalized spacial score (nSPS) is 15.9. The van der Waals surface area contributed by atoms with Crippen molar-refractivity contribution < 1.29 is 9.59 Å². The molecule has 6 nitrogen and oxygen atoms in total. The molecule has 2 amide bonds. The lowest BCUT2D eigenvalue weighted by atomic mass is 10.1. The Kier molecular flexibility index (Phi) is 5.25. The van der Waals surface area contributed by atoms with E-state index in [1.54, 1.807) is 17.5 Å². The largest absolute Gasteiger partial charge is 0.351 e. The predicted octanol–water partition coefficient (Wildman–Crippen LogP) is 3.16. The van der Waals surface area contributed by atoms with Gasteiger partial charge in [-0.3, -0.25) is 14.3 Å². The first-order valence-corrected chi connectivity index (χ1v) is 10.2. The zero-order chi connectivity index (χ0) is 19.5. The molecule has 0 spiro atoms. The van der Waals surface area contributed by atoms with Gasteiger partial charge in [0.25, 0.3) is 5.91 Å². The molecule has 4 rings (SSSR count). The molecule has 1 aliphatic rings. The minimum Gasteiger partial charge on any atom is -0.351 e. The lowest BCUT2D eigenvalue weighted by Gasteiger charge is -2.33. The molecular weight excluding hydrogens is 372 g/mol. The highest BCUT2D eigenvalue weighted by Crippen LogP contribution is 2.24. The SMILES string of the molecule is Cc1cccc(C(=O)N2Cc3ccnn3C(CC(=O)NCc3cccs3)C2)c1. The second-order valence-electron chi connectivity index (χ2n) is 7.04. The number of fused-ring (bicyclic) bond motifs is 1. The first kappa shape index (κ1) is 18.4. The molecule has 0 radical (unpaired) electrons. The highest BCUT2D eigenvalue weighted by atomic mass is 32.1. The number of aromatic nitrogens is 2. The zero-order valence-electron chi connectivity index (χ0n) is 15.7. The Hall–Kier alpha value is -2.93. The number of benzene rings is 1. The average molecular weight is 395 g/mol. The van der Waals surface area contributed by atoms with Gasteiger partial charge in [0.2, 0.25) is 5.91 Å². The van der Waals surface area contributed by atoms with Gasteiger partial charge >= 0.3 is 0 Å². The molecule has 2 aromatic heterocycles. The van der Waals surface area contributed by atoms with Crippen LogP contribution in [0.2, 0.25) is 0 Å². The summed E-state index contributed by atoms with van der Waals surface area (Å²) in [4.78, 5) is 28.4. The minimum atomic E-state index is -0.171. The molecule has 1 aromatic carbocycles. The smallest absolute Gasteiger partial charge is 0.254 e. The number of thiophene rings is 1. The van der Waals surface area contributed by atoms with Crippen molar-refractivity contribution in [3.05, 3.63) is 75.7 Å². The maximum Gasteiger partial charge on any atom is 0.254 e. The molecule has 144 valence electrons. The number of hydrogen-bond acceptors (Lipinski definition) is 4. The summed E-state index contributed by atoms with van der Waals surface area (Å²) in [5, 5.41) is 9.34. The van der Waals surface area contributed by atoms with Crippen LogP contribution in [0.4, 0.5) is 0 Å². The number of aryl methyl sites for hydroxylation is 1. The average Bonchev–Trinajstić information content (AvgIpc) is 3.37. The number of amides is 2. The fraction of sp³-hybridized carbons (Fsp3) is 0.286. The van der Waals surface area contributed by atoms with Gasteiger partial charge in [0.1, 0.15) is 0 Å². The minimum absolute atomic E-state index is 0.0138. The summed E-state index contributed by atoms with van der Waals surface area (Å²) in [6.45, 7) is 3.47.